The van der Waals surface area contributed by atoms with Crippen LogP contribution in [0.4, 0.5) is 4.79 Å². The number of carbonyl (C=O) groups excluding carboxylic acids is 1. The van der Waals surface area contributed by atoms with Gasteiger partial charge in [0.05, 0.1) is 30.4 Å². The molecule has 5 unspecified atom stereocenters. The van der Waals surface area contributed by atoms with Gasteiger partial charge in [0, 0.05) is 30.0 Å². The Balaban J connectivity index is 1.25. The van der Waals surface area contributed by atoms with Gasteiger partial charge in [-0.15, -0.1) is 0 Å². The Morgan fingerprint density at radius 3 is 2.58 bits per heavy atom. The summed E-state index contributed by atoms with van der Waals surface area (Å²) in [6, 6.07) is 8.67. The predicted molar refractivity (Wildman–Crippen MR) is 116 cm³/mol. The fourth-order valence-electron chi connectivity index (χ4n) is 7.17. The Labute approximate surface area is 183 Å². The van der Waals surface area contributed by atoms with Gasteiger partial charge in [0.25, 0.3) is 0 Å². The van der Waals surface area contributed by atoms with Gasteiger partial charge in [-0.25, -0.2) is 9.78 Å². The van der Waals surface area contributed by atoms with Gasteiger partial charge in [-0.05, 0) is 57.4 Å². The van der Waals surface area contributed by atoms with Gasteiger partial charge < -0.3 is 19.3 Å². The van der Waals surface area contributed by atoms with Crippen LogP contribution >= 0.6 is 0 Å². The van der Waals surface area contributed by atoms with E-state index in [1.165, 1.54) is 11.1 Å². The molecule has 2 aliphatic carbocycles. The van der Waals surface area contributed by atoms with Crippen molar-refractivity contribution in [3.8, 4) is 11.3 Å². The highest BCUT2D eigenvalue weighted by atomic mass is 16.6. The third-order valence-electron chi connectivity index (χ3n) is 8.39. The van der Waals surface area contributed by atoms with Crippen LogP contribution in [0, 0.1) is 23.2 Å². The first kappa shape index (κ1) is 19.4. The van der Waals surface area contributed by atoms with Gasteiger partial charge in [0.15, 0.2) is 0 Å². The molecule has 1 saturated heterocycles. The second kappa shape index (κ2) is 6.35. The second-order valence-corrected chi connectivity index (χ2v) is 11.0. The monoisotopic (exact) mass is 421 g/mol. The lowest BCUT2D eigenvalue weighted by atomic mass is 9.48. The highest BCUT2D eigenvalue weighted by molar-refractivity contribution is 5.70. The molecule has 0 radical (unpaired) electrons. The average Bonchev–Trinajstić information content (AvgIpc) is 3.35. The standard InChI is InChI=1S/C25H31N3O3/c1-24(2,3)31-23(30)27-12-15-8-9-16(13-27)25(15)10-19(22(25)29)21-18-7-5-4-6-17(18)20-11-26-14-28(20)21/h4-7,11,14-16,19,21-22,29H,8-10,12-13H2,1-3H3. The van der Waals surface area contributed by atoms with Crippen LogP contribution in [0.3, 0.4) is 0 Å². The molecule has 1 aromatic carbocycles. The summed E-state index contributed by atoms with van der Waals surface area (Å²) in [5, 5.41) is 11.7. The molecule has 6 rings (SSSR count). The van der Waals surface area contributed by atoms with Crippen molar-refractivity contribution in [1.29, 1.82) is 0 Å². The van der Waals surface area contributed by atoms with E-state index in [9.17, 15) is 9.90 Å². The molecule has 164 valence electrons. The molecular weight excluding hydrogens is 390 g/mol. The number of nitrogens with zero attached hydrogens (tertiary/aromatic N) is 3. The minimum atomic E-state index is -0.481. The summed E-state index contributed by atoms with van der Waals surface area (Å²) in [6.07, 6.45) is 6.48. The number of carbonyl (C=O) groups is 1. The molecule has 3 fully saturated rings. The fraction of sp³-hybridized carbons (Fsp3) is 0.600. The summed E-state index contributed by atoms with van der Waals surface area (Å²) in [5.41, 5.74) is 3.15. The smallest absolute Gasteiger partial charge is 0.410 e. The molecule has 4 aliphatic rings. The Morgan fingerprint density at radius 1 is 1.19 bits per heavy atom. The number of aliphatic hydroxyl groups excluding tert-OH is 1. The Bertz CT molecular complexity index is 1020. The second-order valence-electron chi connectivity index (χ2n) is 11.0. The maximum Gasteiger partial charge on any atom is 0.410 e. The summed E-state index contributed by atoms with van der Waals surface area (Å²) in [5.74, 6) is 0.889. The van der Waals surface area contributed by atoms with E-state index in [4.69, 9.17) is 4.74 Å². The minimum absolute atomic E-state index is 0.0541. The summed E-state index contributed by atoms with van der Waals surface area (Å²) < 4.78 is 7.89. The number of imidazole rings is 1. The molecule has 1 N–H and O–H groups in total. The van der Waals surface area contributed by atoms with Crippen molar-refractivity contribution in [3.63, 3.8) is 0 Å². The quantitative estimate of drug-likeness (QED) is 0.753. The first-order valence-electron chi connectivity index (χ1n) is 11.6. The third-order valence-corrected chi connectivity index (χ3v) is 8.39. The molecule has 1 aromatic heterocycles. The number of piperidine rings is 1. The van der Waals surface area contributed by atoms with Crippen LogP contribution < -0.4 is 0 Å². The molecule has 6 heteroatoms. The maximum absolute atomic E-state index is 12.7. The molecule has 6 nitrogen and oxygen atoms in total. The van der Waals surface area contributed by atoms with Crippen LogP contribution in [0.5, 0.6) is 0 Å². The van der Waals surface area contributed by atoms with Gasteiger partial charge >= 0.3 is 6.09 Å². The highest BCUT2D eigenvalue weighted by Crippen LogP contribution is 2.67. The number of fused-ring (bicyclic) bond motifs is 3. The predicted octanol–water partition coefficient (Wildman–Crippen LogP) is 4.10. The van der Waals surface area contributed by atoms with Crippen molar-refractivity contribution >= 4 is 6.09 Å². The van der Waals surface area contributed by atoms with E-state index in [1.807, 2.05) is 38.2 Å². The summed E-state index contributed by atoms with van der Waals surface area (Å²) >= 11 is 0. The van der Waals surface area contributed by atoms with Gasteiger partial charge in [-0.1, -0.05) is 24.3 Å². The SMILES string of the molecule is CC(C)(C)OC(=O)N1CC2CCC(C1)C21CC(C2c3ccccc3-c3cncn32)C1O. The van der Waals surface area contributed by atoms with Crippen molar-refractivity contribution in [2.45, 2.75) is 57.8 Å². The molecule has 31 heavy (non-hydrogen) atoms. The van der Waals surface area contributed by atoms with E-state index in [0.29, 0.717) is 24.9 Å². The number of aliphatic hydroxyl groups is 1. The van der Waals surface area contributed by atoms with E-state index < -0.39 is 5.60 Å². The van der Waals surface area contributed by atoms with E-state index in [1.54, 1.807) is 0 Å². The number of benzene rings is 1. The number of amides is 1. The van der Waals surface area contributed by atoms with E-state index in [0.717, 1.165) is 25.0 Å². The Kier molecular flexibility index (Phi) is 3.96. The zero-order valence-corrected chi connectivity index (χ0v) is 18.5. The van der Waals surface area contributed by atoms with Crippen LogP contribution in [-0.4, -0.2) is 50.4 Å². The van der Waals surface area contributed by atoms with Crippen molar-refractivity contribution in [1.82, 2.24) is 14.5 Å². The Morgan fingerprint density at radius 2 is 1.90 bits per heavy atom. The first-order valence-corrected chi connectivity index (χ1v) is 11.6. The van der Waals surface area contributed by atoms with E-state index in [-0.39, 0.29) is 29.6 Å². The van der Waals surface area contributed by atoms with Crippen LogP contribution in [-0.2, 0) is 4.74 Å². The van der Waals surface area contributed by atoms with Gasteiger partial charge in [0.1, 0.15) is 5.60 Å². The van der Waals surface area contributed by atoms with Gasteiger partial charge in [-0.2, -0.15) is 0 Å². The number of aromatic nitrogens is 2. The van der Waals surface area contributed by atoms with Gasteiger partial charge in [0.2, 0.25) is 0 Å². The fourth-order valence-corrected chi connectivity index (χ4v) is 7.17. The number of ether oxygens (including phenoxy) is 1. The molecule has 3 heterocycles. The van der Waals surface area contributed by atoms with Gasteiger partial charge in [-0.3, -0.25) is 0 Å². The topological polar surface area (TPSA) is 67.6 Å². The molecule has 5 atom stereocenters. The van der Waals surface area contributed by atoms with E-state index in [2.05, 4.69) is 33.8 Å². The zero-order chi connectivity index (χ0) is 21.5. The summed E-state index contributed by atoms with van der Waals surface area (Å²) in [7, 11) is 0. The van der Waals surface area contributed by atoms with Crippen molar-refractivity contribution in [3.05, 3.63) is 42.4 Å². The van der Waals surface area contributed by atoms with Crippen LogP contribution in [0.1, 0.15) is 51.6 Å². The molecular formula is C25H31N3O3. The summed E-state index contributed by atoms with van der Waals surface area (Å²) in [6.45, 7) is 7.14. The number of rotatable bonds is 1. The molecule has 2 aliphatic heterocycles. The van der Waals surface area contributed by atoms with Crippen molar-refractivity contribution in [2.24, 2.45) is 23.2 Å². The third kappa shape index (κ3) is 2.60. The van der Waals surface area contributed by atoms with Crippen molar-refractivity contribution in [2.75, 3.05) is 13.1 Å². The highest BCUT2D eigenvalue weighted by Gasteiger charge is 2.67. The lowest BCUT2D eigenvalue weighted by molar-refractivity contribution is -0.194. The number of likely N-dealkylation sites (tertiary alicyclic amines) is 1. The van der Waals surface area contributed by atoms with E-state index >= 15 is 0 Å². The number of hydrogen-bond acceptors (Lipinski definition) is 4. The molecule has 1 spiro atoms. The average molecular weight is 422 g/mol. The maximum atomic E-state index is 12.7. The normalized spacial score (nSPS) is 35.6. The first-order chi connectivity index (χ1) is 14.8. The van der Waals surface area contributed by atoms with Crippen LogP contribution in [0.25, 0.3) is 11.3 Å². The lowest BCUT2D eigenvalue weighted by Gasteiger charge is -2.61. The summed E-state index contributed by atoms with van der Waals surface area (Å²) in [4.78, 5) is 19.0. The zero-order valence-electron chi connectivity index (χ0n) is 18.5. The lowest BCUT2D eigenvalue weighted by Crippen LogP contribution is -2.65. The molecule has 2 bridgehead atoms. The Hall–Kier alpha value is -2.34. The molecule has 2 saturated carbocycles. The minimum Gasteiger partial charge on any atom is -0.444 e. The largest absolute Gasteiger partial charge is 0.444 e. The molecule has 1 amide bonds. The number of hydrogen-bond donors (Lipinski definition) is 1. The molecule has 2 aromatic rings. The van der Waals surface area contributed by atoms with Crippen LogP contribution in [0.2, 0.25) is 0 Å². The van der Waals surface area contributed by atoms with Crippen LogP contribution in [0.15, 0.2) is 36.8 Å². The van der Waals surface area contributed by atoms with Crippen molar-refractivity contribution < 1.29 is 14.6 Å².